The Balaban J connectivity index is 1.81. The standard InChI is InChI=1S/C15H13N5O4S/c1-7-4-5-10(6-11(7)20(22)23)13(21)17-15-19-18-14(24-15)12-8(2)16-9(3)25-12/h4-6H,1-3H3,(H,17,19,21). The summed E-state index contributed by atoms with van der Waals surface area (Å²) in [5.74, 6) is -0.316. The lowest BCUT2D eigenvalue weighted by Gasteiger charge is -2.02. The number of amides is 1. The SMILES string of the molecule is Cc1nc(C)c(-c2nnc(NC(=O)c3ccc(C)c([N+](=O)[O-])c3)o2)s1. The summed E-state index contributed by atoms with van der Waals surface area (Å²) in [6.45, 7) is 5.29. The van der Waals surface area contributed by atoms with Gasteiger partial charge in [0, 0.05) is 17.2 Å². The molecule has 0 saturated heterocycles. The number of aryl methyl sites for hydroxylation is 3. The summed E-state index contributed by atoms with van der Waals surface area (Å²) in [7, 11) is 0. The van der Waals surface area contributed by atoms with Crippen molar-refractivity contribution in [3.8, 4) is 10.8 Å². The van der Waals surface area contributed by atoms with E-state index < -0.39 is 10.8 Å². The molecule has 0 fully saturated rings. The lowest BCUT2D eigenvalue weighted by Crippen LogP contribution is -2.12. The van der Waals surface area contributed by atoms with Crippen LogP contribution in [-0.4, -0.2) is 26.0 Å². The van der Waals surface area contributed by atoms with Crippen LogP contribution in [0.3, 0.4) is 0 Å². The van der Waals surface area contributed by atoms with Crippen molar-refractivity contribution in [2.24, 2.45) is 0 Å². The first-order valence-electron chi connectivity index (χ1n) is 7.19. The average Bonchev–Trinajstić information content (AvgIpc) is 3.13. The molecule has 3 rings (SSSR count). The molecule has 0 unspecified atom stereocenters. The second-order valence-corrected chi connectivity index (χ2v) is 6.48. The third kappa shape index (κ3) is 3.38. The van der Waals surface area contributed by atoms with E-state index in [1.54, 1.807) is 6.92 Å². The van der Waals surface area contributed by atoms with Crippen LogP contribution in [0.15, 0.2) is 22.6 Å². The predicted octanol–water partition coefficient (Wildman–Crippen LogP) is 3.28. The highest BCUT2D eigenvalue weighted by atomic mass is 32.1. The molecular formula is C15H13N5O4S. The zero-order valence-corrected chi connectivity index (χ0v) is 14.4. The van der Waals surface area contributed by atoms with E-state index in [1.807, 2.05) is 13.8 Å². The van der Waals surface area contributed by atoms with E-state index in [0.717, 1.165) is 15.6 Å². The van der Waals surface area contributed by atoms with Crippen LogP contribution >= 0.6 is 11.3 Å². The number of carbonyl (C=O) groups is 1. The summed E-state index contributed by atoms with van der Waals surface area (Å²) < 4.78 is 5.44. The number of nitro groups is 1. The number of aromatic nitrogens is 3. The van der Waals surface area contributed by atoms with Crippen LogP contribution in [0.4, 0.5) is 11.7 Å². The molecular weight excluding hydrogens is 346 g/mol. The molecule has 0 saturated carbocycles. The third-order valence-electron chi connectivity index (χ3n) is 3.41. The fourth-order valence-corrected chi connectivity index (χ4v) is 3.05. The van der Waals surface area contributed by atoms with Crippen LogP contribution in [0.2, 0.25) is 0 Å². The van der Waals surface area contributed by atoms with E-state index in [9.17, 15) is 14.9 Å². The predicted molar refractivity (Wildman–Crippen MR) is 90.7 cm³/mol. The van der Waals surface area contributed by atoms with Gasteiger partial charge in [-0.2, -0.15) is 0 Å². The van der Waals surface area contributed by atoms with Crippen molar-refractivity contribution in [3.63, 3.8) is 0 Å². The van der Waals surface area contributed by atoms with Gasteiger partial charge in [-0.3, -0.25) is 20.2 Å². The van der Waals surface area contributed by atoms with E-state index >= 15 is 0 Å². The van der Waals surface area contributed by atoms with Gasteiger partial charge in [0.1, 0.15) is 4.88 Å². The van der Waals surface area contributed by atoms with Gasteiger partial charge in [0.05, 0.1) is 15.6 Å². The number of nitrogens with zero attached hydrogens (tertiary/aromatic N) is 4. The van der Waals surface area contributed by atoms with Crippen LogP contribution in [0.5, 0.6) is 0 Å². The average molecular weight is 359 g/mol. The maximum Gasteiger partial charge on any atom is 0.322 e. The number of carbonyl (C=O) groups excluding carboxylic acids is 1. The van der Waals surface area contributed by atoms with Crippen molar-refractivity contribution in [2.75, 3.05) is 5.32 Å². The molecule has 0 bridgehead atoms. The van der Waals surface area contributed by atoms with Gasteiger partial charge in [0.2, 0.25) is 0 Å². The van der Waals surface area contributed by atoms with Crippen LogP contribution in [0, 0.1) is 30.9 Å². The Labute approximate surface area is 145 Å². The van der Waals surface area contributed by atoms with Gasteiger partial charge in [-0.1, -0.05) is 11.2 Å². The summed E-state index contributed by atoms with van der Waals surface area (Å²) in [5, 5.41) is 22.0. The Morgan fingerprint density at radius 2 is 2.04 bits per heavy atom. The fourth-order valence-electron chi connectivity index (χ4n) is 2.21. The normalized spacial score (nSPS) is 10.7. The van der Waals surface area contributed by atoms with E-state index in [-0.39, 0.29) is 23.2 Å². The summed E-state index contributed by atoms with van der Waals surface area (Å²) >= 11 is 1.41. The first kappa shape index (κ1) is 16.7. The van der Waals surface area contributed by atoms with Crippen molar-refractivity contribution in [2.45, 2.75) is 20.8 Å². The van der Waals surface area contributed by atoms with Crippen molar-refractivity contribution in [3.05, 3.63) is 50.1 Å². The Bertz CT molecular complexity index is 978. The highest BCUT2D eigenvalue weighted by Crippen LogP contribution is 2.29. The number of hydrogen-bond acceptors (Lipinski definition) is 8. The van der Waals surface area contributed by atoms with Gasteiger partial charge in [-0.15, -0.1) is 16.4 Å². The fraction of sp³-hybridized carbons (Fsp3) is 0.200. The van der Waals surface area contributed by atoms with Gasteiger partial charge in [0.25, 0.3) is 17.5 Å². The molecule has 0 radical (unpaired) electrons. The van der Waals surface area contributed by atoms with Crippen LogP contribution < -0.4 is 5.32 Å². The lowest BCUT2D eigenvalue weighted by molar-refractivity contribution is -0.385. The van der Waals surface area contributed by atoms with Crippen LogP contribution in [0.1, 0.15) is 26.6 Å². The second kappa shape index (κ2) is 6.40. The summed E-state index contributed by atoms with van der Waals surface area (Å²) in [4.78, 5) is 27.7. The molecule has 2 aromatic heterocycles. The number of nitrogens with one attached hydrogen (secondary N) is 1. The summed E-state index contributed by atoms with van der Waals surface area (Å²) in [6, 6.07) is 4.12. The molecule has 1 N–H and O–H groups in total. The van der Waals surface area contributed by atoms with Crippen molar-refractivity contribution in [1.82, 2.24) is 15.2 Å². The largest absolute Gasteiger partial charge is 0.402 e. The molecule has 9 nitrogen and oxygen atoms in total. The quantitative estimate of drug-likeness (QED) is 0.560. The van der Waals surface area contributed by atoms with Gasteiger partial charge >= 0.3 is 6.01 Å². The Hall–Kier alpha value is -3.14. The van der Waals surface area contributed by atoms with Crippen molar-refractivity contribution in [1.29, 1.82) is 0 Å². The number of benzene rings is 1. The van der Waals surface area contributed by atoms with E-state index in [1.165, 1.54) is 29.5 Å². The van der Waals surface area contributed by atoms with Crippen LogP contribution in [-0.2, 0) is 0 Å². The Morgan fingerprint density at radius 1 is 1.28 bits per heavy atom. The molecule has 0 aliphatic rings. The third-order valence-corrected chi connectivity index (χ3v) is 4.47. The summed E-state index contributed by atoms with van der Waals surface area (Å²) in [5.41, 5.74) is 1.23. The molecule has 0 spiro atoms. The molecule has 0 aliphatic carbocycles. The Kier molecular flexibility index (Phi) is 4.28. The number of anilines is 1. The first-order chi connectivity index (χ1) is 11.8. The lowest BCUT2D eigenvalue weighted by atomic mass is 10.1. The first-order valence-corrected chi connectivity index (χ1v) is 8.01. The number of nitro benzene ring substituents is 1. The highest BCUT2D eigenvalue weighted by Gasteiger charge is 2.19. The zero-order chi connectivity index (χ0) is 18.1. The molecule has 1 aromatic carbocycles. The molecule has 25 heavy (non-hydrogen) atoms. The van der Waals surface area contributed by atoms with Crippen molar-refractivity contribution >= 4 is 28.9 Å². The minimum atomic E-state index is -0.574. The van der Waals surface area contributed by atoms with E-state index in [2.05, 4.69) is 20.5 Å². The van der Waals surface area contributed by atoms with Gasteiger partial charge in [-0.25, -0.2) is 4.98 Å². The van der Waals surface area contributed by atoms with E-state index in [0.29, 0.717) is 5.56 Å². The number of rotatable bonds is 4. The maximum atomic E-state index is 12.2. The second-order valence-electron chi connectivity index (χ2n) is 5.27. The monoisotopic (exact) mass is 359 g/mol. The van der Waals surface area contributed by atoms with Gasteiger partial charge in [-0.05, 0) is 26.8 Å². The maximum absolute atomic E-state index is 12.2. The molecule has 10 heteroatoms. The zero-order valence-electron chi connectivity index (χ0n) is 13.6. The van der Waals surface area contributed by atoms with Crippen molar-refractivity contribution < 1.29 is 14.1 Å². The van der Waals surface area contributed by atoms with Gasteiger partial charge < -0.3 is 4.42 Å². The molecule has 0 atom stereocenters. The van der Waals surface area contributed by atoms with Crippen LogP contribution in [0.25, 0.3) is 10.8 Å². The minimum absolute atomic E-state index is 0.0892. The Morgan fingerprint density at radius 3 is 2.68 bits per heavy atom. The number of hydrogen-bond donors (Lipinski definition) is 1. The smallest absolute Gasteiger partial charge is 0.322 e. The highest BCUT2D eigenvalue weighted by molar-refractivity contribution is 7.15. The van der Waals surface area contributed by atoms with Gasteiger partial charge in [0.15, 0.2) is 0 Å². The molecule has 1 amide bonds. The molecule has 2 heterocycles. The molecule has 3 aromatic rings. The number of thiazole rings is 1. The van der Waals surface area contributed by atoms with E-state index in [4.69, 9.17) is 4.42 Å². The molecule has 128 valence electrons. The minimum Gasteiger partial charge on any atom is -0.402 e. The molecule has 0 aliphatic heterocycles. The topological polar surface area (TPSA) is 124 Å². The summed E-state index contributed by atoms with van der Waals surface area (Å²) in [6.07, 6.45) is 0.